The molecule has 17 heavy (non-hydrogen) atoms. The van der Waals surface area contributed by atoms with Crippen LogP contribution in [0.1, 0.15) is 27.7 Å². The fourth-order valence-corrected chi connectivity index (χ4v) is 1.36. The normalized spacial score (nSPS) is 15.9. The topological polar surface area (TPSA) is 77.4 Å². The minimum Gasteiger partial charge on any atom is -0.376 e. The Hall–Kier alpha value is -0.240. The van der Waals surface area contributed by atoms with Crippen molar-refractivity contribution in [1.82, 2.24) is 0 Å². The van der Waals surface area contributed by atoms with Crippen molar-refractivity contribution in [2.75, 3.05) is 33.0 Å². The third kappa shape index (κ3) is 4.50. The standard InChI is InChI=1S/C11H24O6/c1-5-14-9-10(12,15-6-2)11(13,16-7-3)17-8-4/h12-13H,5-9H2,1-4H3. The molecule has 0 rings (SSSR count). The number of rotatable bonds is 10. The predicted molar refractivity (Wildman–Crippen MR) is 61.3 cm³/mol. The summed E-state index contributed by atoms with van der Waals surface area (Å²) in [6.07, 6.45) is 0. The molecule has 0 aromatic rings. The van der Waals surface area contributed by atoms with Crippen LogP contribution in [0, 0.1) is 0 Å². The highest BCUT2D eigenvalue weighted by molar-refractivity contribution is 4.78. The minimum atomic E-state index is -2.23. The molecule has 6 heteroatoms. The highest BCUT2D eigenvalue weighted by Crippen LogP contribution is 2.27. The molecule has 0 fully saturated rings. The Morgan fingerprint density at radius 3 is 1.59 bits per heavy atom. The SMILES string of the molecule is CCOCC(O)(OCC)C(O)(OCC)OCC. The van der Waals surface area contributed by atoms with Crippen LogP contribution in [0.25, 0.3) is 0 Å². The molecular weight excluding hydrogens is 228 g/mol. The summed E-state index contributed by atoms with van der Waals surface area (Å²) in [7, 11) is 0. The van der Waals surface area contributed by atoms with E-state index in [9.17, 15) is 10.2 Å². The Morgan fingerprint density at radius 1 is 0.765 bits per heavy atom. The lowest BCUT2D eigenvalue weighted by molar-refractivity contribution is -0.483. The fraction of sp³-hybridized carbons (Fsp3) is 1.00. The summed E-state index contributed by atoms with van der Waals surface area (Å²) in [5.41, 5.74) is 0. The van der Waals surface area contributed by atoms with E-state index in [2.05, 4.69) is 0 Å². The van der Waals surface area contributed by atoms with Crippen LogP contribution >= 0.6 is 0 Å². The van der Waals surface area contributed by atoms with Crippen molar-refractivity contribution in [3.05, 3.63) is 0 Å². The van der Waals surface area contributed by atoms with Gasteiger partial charge in [-0.05, 0) is 27.7 Å². The molecule has 0 aliphatic carbocycles. The van der Waals surface area contributed by atoms with Gasteiger partial charge in [0.05, 0.1) is 0 Å². The minimum absolute atomic E-state index is 0.165. The molecule has 2 N–H and O–H groups in total. The van der Waals surface area contributed by atoms with Crippen LogP contribution in [0.3, 0.4) is 0 Å². The molecule has 0 saturated heterocycles. The molecule has 0 heterocycles. The molecule has 1 unspecified atom stereocenters. The summed E-state index contributed by atoms with van der Waals surface area (Å²) in [6.45, 7) is 7.47. The first-order valence-electron chi connectivity index (χ1n) is 5.93. The number of hydrogen-bond donors (Lipinski definition) is 2. The van der Waals surface area contributed by atoms with E-state index in [0.29, 0.717) is 6.61 Å². The maximum atomic E-state index is 10.3. The van der Waals surface area contributed by atoms with Gasteiger partial charge in [-0.2, -0.15) is 0 Å². The second kappa shape index (κ2) is 7.97. The first-order valence-corrected chi connectivity index (χ1v) is 5.93. The first-order chi connectivity index (χ1) is 7.99. The van der Waals surface area contributed by atoms with Crippen molar-refractivity contribution < 1.29 is 29.2 Å². The lowest BCUT2D eigenvalue weighted by Gasteiger charge is -2.40. The van der Waals surface area contributed by atoms with Crippen LogP contribution in [0.2, 0.25) is 0 Å². The van der Waals surface area contributed by atoms with Gasteiger partial charge in [-0.1, -0.05) is 0 Å². The molecule has 6 nitrogen and oxygen atoms in total. The zero-order chi connectivity index (χ0) is 13.4. The van der Waals surface area contributed by atoms with E-state index in [4.69, 9.17) is 18.9 Å². The summed E-state index contributed by atoms with van der Waals surface area (Å²) in [6, 6.07) is 0. The zero-order valence-corrected chi connectivity index (χ0v) is 11.1. The fourth-order valence-electron chi connectivity index (χ4n) is 1.36. The molecule has 0 saturated carbocycles. The number of aliphatic hydroxyl groups is 2. The van der Waals surface area contributed by atoms with Gasteiger partial charge >= 0.3 is 5.97 Å². The highest BCUT2D eigenvalue weighted by Gasteiger charge is 2.54. The second-order valence-electron chi connectivity index (χ2n) is 3.30. The molecule has 0 aliphatic rings. The summed E-state index contributed by atoms with van der Waals surface area (Å²) >= 11 is 0. The monoisotopic (exact) mass is 252 g/mol. The molecule has 0 aromatic carbocycles. The third-order valence-corrected chi connectivity index (χ3v) is 2.06. The maximum Gasteiger partial charge on any atom is 0.340 e. The van der Waals surface area contributed by atoms with Crippen molar-refractivity contribution in [2.45, 2.75) is 39.5 Å². The van der Waals surface area contributed by atoms with Crippen LogP contribution < -0.4 is 0 Å². The van der Waals surface area contributed by atoms with Crippen molar-refractivity contribution in [1.29, 1.82) is 0 Å². The summed E-state index contributed by atoms with van der Waals surface area (Å²) in [5, 5.41) is 20.5. The smallest absolute Gasteiger partial charge is 0.340 e. The molecule has 0 aliphatic heterocycles. The van der Waals surface area contributed by atoms with E-state index in [1.807, 2.05) is 0 Å². The molecule has 0 bridgehead atoms. The van der Waals surface area contributed by atoms with Crippen LogP contribution in [-0.2, 0) is 18.9 Å². The summed E-state index contributed by atoms with van der Waals surface area (Å²) in [4.78, 5) is 0. The molecule has 0 aromatic heterocycles. The largest absolute Gasteiger partial charge is 0.376 e. The van der Waals surface area contributed by atoms with Crippen LogP contribution in [0.4, 0.5) is 0 Å². The van der Waals surface area contributed by atoms with E-state index < -0.39 is 11.8 Å². The average molecular weight is 252 g/mol. The lowest BCUT2D eigenvalue weighted by atomic mass is 10.2. The molecule has 104 valence electrons. The lowest BCUT2D eigenvalue weighted by Crippen LogP contribution is -2.62. The maximum absolute atomic E-state index is 10.3. The number of hydrogen-bond acceptors (Lipinski definition) is 6. The van der Waals surface area contributed by atoms with Gasteiger partial charge in [-0.25, -0.2) is 0 Å². The Balaban J connectivity index is 4.90. The van der Waals surface area contributed by atoms with Gasteiger partial charge in [-0.3, -0.25) is 0 Å². The molecular formula is C11H24O6. The summed E-state index contributed by atoms with van der Waals surface area (Å²) < 4.78 is 20.4. The summed E-state index contributed by atoms with van der Waals surface area (Å²) in [5.74, 6) is -4.29. The quantitative estimate of drug-likeness (QED) is 0.550. The van der Waals surface area contributed by atoms with Crippen molar-refractivity contribution >= 4 is 0 Å². The Labute approximate surface area is 102 Å². The number of ether oxygens (including phenoxy) is 4. The van der Waals surface area contributed by atoms with Crippen LogP contribution in [0.15, 0.2) is 0 Å². The Morgan fingerprint density at radius 2 is 1.24 bits per heavy atom. The van der Waals surface area contributed by atoms with Gasteiger partial charge in [-0.15, -0.1) is 0 Å². The van der Waals surface area contributed by atoms with Gasteiger partial charge in [0.1, 0.15) is 6.61 Å². The predicted octanol–water partition coefficient (Wildman–Crippen LogP) is 0.467. The van der Waals surface area contributed by atoms with E-state index in [1.165, 1.54) is 0 Å². The molecule has 1 atom stereocenters. The average Bonchev–Trinajstić information content (AvgIpc) is 2.27. The van der Waals surface area contributed by atoms with E-state index >= 15 is 0 Å². The van der Waals surface area contributed by atoms with E-state index in [-0.39, 0.29) is 26.4 Å². The Kier molecular flexibility index (Phi) is 7.85. The van der Waals surface area contributed by atoms with Gasteiger partial charge in [0.2, 0.25) is 0 Å². The second-order valence-corrected chi connectivity index (χ2v) is 3.30. The molecule has 0 amide bonds. The van der Waals surface area contributed by atoms with Crippen molar-refractivity contribution in [3.63, 3.8) is 0 Å². The van der Waals surface area contributed by atoms with Gasteiger partial charge in [0.15, 0.2) is 0 Å². The Bertz CT molecular complexity index is 192. The van der Waals surface area contributed by atoms with Gasteiger partial charge in [0, 0.05) is 26.4 Å². The molecule has 0 spiro atoms. The van der Waals surface area contributed by atoms with Crippen LogP contribution in [-0.4, -0.2) is 55.0 Å². The zero-order valence-electron chi connectivity index (χ0n) is 11.1. The first kappa shape index (κ1) is 16.8. The van der Waals surface area contributed by atoms with E-state index in [1.54, 1.807) is 27.7 Å². The van der Waals surface area contributed by atoms with Crippen LogP contribution in [0.5, 0.6) is 0 Å². The van der Waals surface area contributed by atoms with Crippen molar-refractivity contribution in [2.24, 2.45) is 0 Å². The van der Waals surface area contributed by atoms with Crippen molar-refractivity contribution in [3.8, 4) is 0 Å². The third-order valence-electron chi connectivity index (χ3n) is 2.06. The van der Waals surface area contributed by atoms with Gasteiger partial charge in [0.25, 0.3) is 5.79 Å². The molecule has 0 radical (unpaired) electrons. The highest BCUT2D eigenvalue weighted by atomic mass is 16.9. The van der Waals surface area contributed by atoms with Gasteiger partial charge < -0.3 is 29.2 Å². The van der Waals surface area contributed by atoms with E-state index in [0.717, 1.165) is 0 Å².